The molecule has 0 N–H and O–H groups in total. The monoisotopic (exact) mass is 622 g/mol. The molecule has 0 unspecified atom stereocenters. The minimum atomic E-state index is -0.481. The van der Waals surface area contributed by atoms with E-state index in [9.17, 15) is 9.59 Å². The maximum atomic E-state index is 12.7. The molecule has 5 rings (SSSR count). The van der Waals surface area contributed by atoms with Gasteiger partial charge in [0.25, 0.3) is 0 Å². The fourth-order valence-electron chi connectivity index (χ4n) is 6.17. The molecule has 3 aromatic rings. The summed E-state index contributed by atoms with van der Waals surface area (Å²) in [4.78, 5) is 25.3. The van der Waals surface area contributed by atoms with Crippen molar-refractivity contribution in [2.75, 3.05) is 14.2 Å². The van der Waals surface area contributed by atoms with Crippen LogP contribution in [0, 0.1) is 6.92 Å². The van der Waals surface area contributed by atoms with Crippen LogP contribution in [0.25, 0.3) is 16.5 Å². The van der Waals surface area contributed by atoms with Gasteiger partial charge in [-0.05, 0) is 61.4 Å². The number of ether oxygens (including phenoxy) is 3. The Bertz CT molecular complexity index is 1460. The number of esters is 1. The fourth-order valence-corrected chi connectivity index (χ4v) is 10.00. The van der Waals surface area contributed by atoms with Crippen molar-refractivity contribution in [2.45, 2.75) is 92.8 Å². The summed E-state index contributed by atoms with van der Waals surface area (Å²) in [5, 5.41) is 2.07. The second-order valence-corrected chi connectivity index (χ2v) is 14.6. The van der Waals surface area contributed by atoms with Gasteiger partial charge in [-0.15, -0.1) is 23.5 Å². The fraction of sp³-hybridized carbons (Fsp3) is 0.486. The third-order valence-electron chi connectivity index (χ3n) is 8.42. The lowest BCUT2D eigenvalue weighted by Gasteiger charge is -2.31. The molecule has 6 nitrogen and oxygen atoms in total. The molecule has 0 spiro atoms. The largest absolute Gasteiger partial charge is 0.503 e. The van der Waals surface area contributed by atoms with Crippen LogP contribution in [-0.2, 0) is 20.9 Å². The quantitative estimate of drug-likeness (QED) is 0.0690. The van der Waals surface area contributed by atoms with E-state index in [0.29, 0.717) is 33.0 Å². The van der Waals surface area contributed by atoms with Gasteiger partial charge in [-0.3, -0.25) is 0 Å². The highest BCUT2D eigenvalue weighted by Gasteiger charge is 2.30. The van der Waals surface area contributed by atoms with E-state index in [1.165, 1.54) is 84.7 Å². The van der Waals surface area contributed by atoms with Crippen molar-refractivity contribution >= 4 is 46.0 Å². The number of carbonyl (C=O) groups excluding carboxylic acids is 1. The molecule has 2 aliphatic rings. The summed E-state index contributed by atoms with van der Waals surface area (Å²) in [6.07, 6.45) is 13.9. The second kappa shape index (κ2) is 15.2. The molecule has 0 aliphatic heterocycles. The highest BCUT2D eigenvalue weighted by molar-refractivity contribution is 8.16. The molecule has 1 heterocycles. The van der Waals surface area contributed by atoms with Crippen molar-refractivity contribution in [1.82, 2.24) is 0 Å². The van der Waals surface area contributed by atoms with E-state index < -0.39 is 5.97 Å². The lowest BCUT2D eigenvalue weighted by Crippen LogP contribution is -2.15. The van der Waals surface area contributed by atoms with Gasteiger partial charge in [0.05, 0.1) is 30.6 Å². The van der Waals surface area contributed by atoms with Gasteiger partial charge < -0.3 is 18.6 Å². The van der Waals surface area contributed by atoms with E-state index in [4.69, 9.17) is 18.6 Å². The molecule has 0 bridgehead atoms. The molecule has 8 heteroatoms. The van der Waals surface area contributed by atoms with Gasteiger partial charge in [-0.1, -0.05) is 62.8 Å². The third-order valence-corrected chi connectivity index (χ3v) is 11.8. The van der Waals surface area contributed by atoms with E-state index in [-0.39, 0.29) is 16.8 Å². The number of benzene rings is 2. The van der Waals surface area contributed by atoms with Gasteiger partial charge in [0.15, 0.2) is 0 Å². The van der Waals surface area contributed by atoms with Gasteiger partial charge in [-0.2, -0.15) is 0 Å². The van der Waals surface area contributed by atoms with Gasteiger partial charge in [0, 0.05) is 22.0 Å². The van der Waals surface area contributed by atoms with Gasteiger partial charge in [0.1, 0.15) is 23.5 Å². The smallest absolute Gasteiger partial charge is 0.341 e. The Morgan fingerprint density at radius 1 is 0.953 bits per heavy atom. The van der Waals surface area contributed by atoms with Gasteiger partial charge >= 0.3 is 11.6 Å². The topological polar surface area (TPSA) is 75.0 Å². The first-order chi connectivity index (χ1) is 21.0. The van der Waals surface area contributed by atoms with Crippen LogP contribution in [0.1, 0.15) is 91.0 Å². The summed E-state index contributed by atoms with van der Waals surface area (Å²) in [6, 6.07) is 13.2. The van der Waals surface area contributed by atoms with Gasteiger partial charge in [-0.25, -0.2) is 9.59 Å². The Morgan fingerprint density at radius 2 is 1.60 bits per heavy atom. The molecule has 0 radical (unpaired) electrons. The van der Waals surface area contributed by atoms with Crippen molar-refractivity contribution < 1.29 is 23.4 Å². The number of methoxy groups -OCH3 is 2. The zero-order valence-corrected chi connectivity index (χ0v) is 27.0. The molecular weight excluding hydrogens is 581 g/mol. The number of aryl methyl sites for hydroxylation is 1. The average Bonchev–Trinajstić information content (AvgIpc) is 3.03. The van der Waals surface area contributed by atoms with E-state index in [1.54, 1.807) is 6.07 Å². The summed E-state index contributed by atoms with van der Waals surface area (Å²) in [5.41, 5.74) is 3.98. The van der Waals surface area contributed by atoms with Crippen LogP contribution in [0.5, 0.6) is 5.75 Å². The molecule has 2 fully saturated rings. The van der Waals surface area contributed by atoms with Gasteiger partial charge in [0.2, 0.25) is 0 Å². The molecule has 0 atom stereocenters. The zero-order valence-electron chi connectivity index (χ0n) is 25.4. The Labute approximate surface area is 262 Å². The Kier molecular flexibility index (Phi) is 11.2. The summed E-state index contributed by atoms with van der Waals surface area (Å²) < 4.78 is 23.0. The van der Waals surface area contributed by atoms with Crippen LogP contribution >= 0.6 is 23.5 Å². The Balaban J connectivity index is 1.56. The first kappa shape index (κ1) is 31.6. The molecule has 2 saturated carbocycles. The van der Waals surface area contributed by atoms with Crippen molar-refractivity contribution in [3.8, 4) is 5.75 Å². The Hall–Kier alpha value is -2.84. The molecule has 2 aliphatic carbocycles. The number of hydrogen-bond donors (Lipinski definition) is 0. The number of carbonyl (C=O) groups is 1. The normalized spacial score (nSPS) is 16.9. The molecule has 0 saturated heterocycles. The van der Waals surface area contributed by atoms with Crippen molar-refractivity contribution in [3.63, 3.8) is 0 Å². The molecule has 2 aromatic carbocycles. The van der Waals surface area contributed by atoms with Crippen molar-refractivity contribution in [2.24, 2.45) is 0 Å². The molecule has 230 valence electrons. The lowest BCUT2D eigenvalue weighted by molar-refractivity contribution is -0.133. The maximum absolute atomic E-state index is 12.7. The number of hydrogen-bond acceptors (Lipinski definition) is 8. The second-order valence-electron chi connectivity index (χ2n) is 11.4. The lowest BCUT2D eigenvalue weighted by atomic mass is 10.0. The van der Waals surface area contributed by atoms with Crippen LogP contribution in [0.3, 0.4) is 0 Å². The van der Waals surface area contributed by atoms with E-state index >= 15 is 0 Å². The van der Waals surface area contributed by atoms with E-state index in [1.807, 2.05) is 66.8 Å². The van der Waals surface area contributed by atoms with Crippen LogP contribution in [0.15, 0.2) is 57.9 Å². The van der Waals surface area contributed by atoms with Crippen molar-refractivity contribution in [3.05, 3.63) is 81.4 Å². The summed E-state index contributed by atoms with van der Waals surface area (Å²) in [6.45, 7) is 2.19. The minimum absolute atomic E-state index is 0.0733. The predicted octanol–water partition coefficient (Wildman–Crippen LogP) is 8.97. The molecule has 1 aromatic heterocycles. The third kappa shape index (κ3) is 7.82. The SMILES string of the molecule is CO/C=C(/C(=O)OC)c1ccccc1COc1ccc2c(C)cc(=O)oc2c1C(SC1CCCCC1)SC1CCCCC1. The maximum Gasteiger partial charge on any atom is 0.341 e. The van der Waals surface area contributed by atoms with Crippen LogP contribution < -0.4 is 10.4 Å². The average molecular weight is 623 g/mol. The minimum Gasteiger partial charge on any atom is -0.503 e. The highest BCUT2D eigenvalue weighted by atomic mass is 32.2. The molecule has 43 heavy (non-hydrogen) atoms. The summed E-state index contributed by atoms with van der Waals surface area (Å²) in [7, 11) is 2.86. The standard InChI is InChI=1S/C35H42O6S2/c1-23-20-31(36)41-33-27(23)18-19-30(40-21-24-12-10-11-17-28(24)29(22-38-2)34(37)39-3)32(33)35(42-25-13-6-4-7-14-25)43-26-15-8-5-9-16-26/h10-12,17-20,22,25-26,35H,4-9,13-16,21H2,1-3H3/b29-22+. The first-order valence-corrected chi connectivity index (χ1v) is 17.3. The highest BCUT2D eigenvalue weighted by Crippen LogP contribution is 2.53. The first-order valence-electron chi connectivity index (χ1n) is 15.4. The summed E-state index contributed by atoms with van der Waals surface area (Å²) >= 11 is 4.06. The van der Waals surface area contributed by atoms with Crippen molar-refractivity contribution in [1.29, 1.82) is 0 Å². The number of fused-ring (bicyclic) bond motifs is 1. The van der Waals surface area contributed by atoms with E-state index in [0.717, 1.165) is 22.1 Å². The van der Waals surface area contributed by atoms with E-state index in [2.05, 4.69) is 0 Å². The molecular formula is C35H42O6S2. The molecule has 0 amide bonds. The number of thioether (sulfide) groups is 2. The van der Waals surface area contributed by atoms with Crippen LogP contribution in [0.4, 0.5) is 0 Å². The van der Waals surface area contributed by atoms with Crippen LogP contribution in [0.2, 0.25) is 0 Å². The zero-order chi connectivity index (χ0) is 30.2. The Morgan fingerprint density at radius 3 is 2.23 bits per heavy atom. The summed E-state index contributed by atoms with van der Waals surface area (Å²) in [5.74, 6) is 0.230. The van der Waals surface area contributed by atoms with Crippen LogP contribution in [-0.4, -0.2) is 30.7 Å². The number of rotatable bonds is 11. The predicted molar refractivity (Wildman–Crippen MR) is 177 cm³/mol.